The summed E-state index contributed by atoms with van der Waals surface area (Å²) in [5, 5.41) is 0. The summed E-state index contributed by atoms with van der Waals surface area (Å²) in [5.74, 6) is 7.00. The van der Waals surface area contributed by atoms with Crippen molar-refractivity contribution >= 4 is 17.6 Å². The molecule has 6 aliphatic carbocycles. The fraction of sp³-hybridized carbons (Fsp3) is 1.00. The van der Waals surface area contributed by atoms with Gasteiger partial charge in [0.1, 0.15) is 0 Å². The minimum atomic E-state index is 0.438. The van der Waals surface area contributed by atoms with Crippen LogP contribution in [0.3, 0.4) is 0 Å². The van der Waals surface area contributed by atoms with Crippen LogP contribution < -0.4 is 0 Å². The Balaban J connectivity index is 1.49. The lowest BCUT2D eigenvalue weighted by atomic mass is 9.30. The molecule has 8 atom stereocenters. The van der Waals surface area contributed by atoms with Crippen molar-refractivity contribution in [2.75, 3.05) is 0 Å². The topological polar surface area (TPSA) is 0 Å². The molecule has 0 spiro atoms. The number of hydrogen-bond acceptors (Lipinski definition) is 0. The predicted molar refractivity (Wildman–Crippen MR) is 97.4 cm³/mol. The van der Waals surface area contributed by atoms with E-state index in [0.717, 1.165) is 47.1 Å². The molecule has 0 aliphatic heterocycles. The van der Waals surface area contributed by atoms with Crippen molar-refractivity contribution in [3.63, 3.8) is 0 Å². The molecule has 22 heavy (non-hydrogen) atoms. The van der Waals surface area contributed by atoms with Gasteiger partial charge in [-0.1, -0.05) is 54.4 Å². The SMILES string of the molecule is C[C@H]1[C@H]2C[C@@H](C[C@H]1B(Cl)[C@@H]1C[C@H]3C[C@@H]([C@H]1C)C3(C)C)C2(C)C. The zero-order valence-electron chi connectivity index (χ0n) is 15.4. The summed E-state index contributed by atoms with van der Waals surface area (Å²) in [6.45, 7) is 15.0. The van der Waals surface area contributed by atoms with Crippen LogP contribution in [0.2, 0.25) is 11.6 Å². The molecular formula is C20H34BCl. The van der Waals surface area contributed by atoms with Crippen molar-refractivity contribution in [3.8, 4) is 0 Å². The number of hydrogen-bond donors (Lipinski definition) is 0. The van der Waals surface area contributed by atoms with Crippen LogP contribution in [-0.4, -0.2) is 6.13 Å². The molecule has 4 bridgehead atoms. The van der Waals surface area contributed by atoms with Gasteiger partial charge in [-0.25, -0.2) is 0 Å². The van der Waals surface area contributed by atoms with Crippen LogP contribution in [0.1, 0.15) is 67.2 Å². The van der Waals surface area contributed by atoms with E-state index in [1.807, 2.05) is 0 Å². The minimum absolute atomic E-state index is 0.438. The van der Waals surface area contributed by atoms with E-state index in [1.165, 1.54) is 25.7 Å². The van der Waals surface area contributed by atoms with E-state index in [9.17, 15) is 0 Å². The van der Waals surface area contributed by atoms with E-state index in [2.05, 4.69) is 41.5 Å². The van der Waals surface area contributed by atoms with Gasteiger partial charge in [-0.2, -0.15) is 11.5 Å². The van der Waals surface area contributed by atoms with Gasteiger partial charge in [0.05, 0.1) is 0 Å². The first kappa shape index (κ1) is 15.9. The van der Waals surface area contributed by atoms with E-state index >= 15 is 0 Å². The van der Waals surface area contributed by atoms with E-state index in [0.29, 0.717) is 17.0 Å². The second-order valence-electron chi connectivity index (χ2n) is 10.7. The van der Waals surface area contributed by atoms with Crippen molar-refractivity contribution in [2.45, 2.75) is 78.9 Å². The summed E-state index contributed by atoms with van der Waals surface area (Å²) in [5.41, 5.74) is 1.18. The number of fused-ring (bicyclic) bond motifs is 4. The molecule has 0 N–H and O–H groups in total. The van der Waals surface area contributed by atoms with Crippen LogP contribution in [0, 0.1) is 46.3 Å². The molecule has 0 aromatic heterocycles. The van der Waals surface area contributed by atoms with Gasteiger partial charge >= 0.3 is 0 Å². The van der Waals surface area contributed by atoms with Crippen LogP contribution in [0.15, 0.2) is 0 Å². The summed E-state index contributed by atoms with van der Waals surface area (Å²) >= 11 is 7.19. The van der Waals surface area contributed by atoms with Crippen molar-refractivity contribution in [3.05, 3.63) is 0 Å². The number of rotatable bonds is 2. The molecule has 6 aliphatic rings. The fourth-order valence-corrected chi connectivity index (χ4v) is 8.20. The lowest BCUT2D eigenvalue weighted by Crippen LogP contribution is -2.58. The van der Waals surface area contributed by atoms with Crippen LogP contribution in [0.4, 0.5) is 0 Å². The molecular weight excluding hydrogens is 286 g/mol. The van der Waals surface area contributed by atoms with Gasteiger partial charge < -0.3 is 0 Å². The molecule has 6 fully saturated rings. The highest BCUT2D eigenvalue weighted by Crippen LogP contribution is 2.69. The Morgan fingerprint density at radius 1 is 0.727 bits per heavy atom. The first-order valence-corrected chi connectivity index (χ1v) is 10.2. The maximum atomic E-state index is 7.19. The second-order valence-corrected chi connectivity index (χ2v) is 11.2. The highest BCUT2D eigenvalue weighted by atomic mass is 35.5. The molecule has 6 rings (SSSR count). The fourth-order valence-electron chi connectivity index (χ4n) is 7.54. The average Bonchev–Trinajstić information content (AvgIpc) is 2.45. The molecule has 124 valence electrons. The van der Waals surface area contributed by atoms with Crippen LogP contribution in [-0.2, 0) is 0 Å². The van der Waals surface area contributed by atoms with Crippen molar-refractivity contribution in [1.82, 2.24) is 0 Å². The van der Waals surface area contributed by atoms with Gasteiger partial charge in [-0.05, 0) is 70.8 Å². The average molecular weight is 321 g/mol. The van der Waals surface area contributed by atoms with E-state index in [1.54, 1.807) is 0 Å². The standard InChI is InChI=1S/C20H34BCl/c1-11-15-7-13(19(15,3)4)9-17(11)21(22)18-10-14-8-16(12(18)2)20(14,5)6/h11-18H,7-10H2,1-6H3/t11-,12+,13-,14+,15+,16-,17-,18-/m1/s1. The normalized spacial score (nSPS) is 54.1. The second kappa shape index (κ2) is 4.71. The maximum absolute atomic E-state index is 7.19. The first-order valence-electron chi connectivity index (χ1n) is 9.79. The number of halogens is 1. The quantitative estimate of drug-likeness (QED) is 0.519. The van der Waals surface area contributed by atoms with Crippen LogP contribution in [0.5, 0.6) is 0 Å². The highest BCUT2D eigenvalue weighted by molar-refractivity contribution is 7.08. The molecule has 0 heterocycles. The van der Waals surface area contributed by atoms with Crippen molar-refractivity contribution < 1.29 is 0 Å². The zero-order valence-corrected chi connectivity index (χ0v) is 16.2. The van der Waals surface area contributed by atoms with Crippen LogP contribution >= 0.6 is 11.5 Å². The lowest BCUT2D eigenvalue weighted by molar-refractivity contribution is -0.106. The third kappa shape index (κ3) is 1.84. The van der Waals surface area contributed by atoms with Gasteiger partial charge in [0.25, 0.3) is 6.13 Å². The Morgan fingerprint density at radius 2 is 1.09 bits per heavy atom. The molecule has 0 aromatic rings. The Kier molecular flexibility index (Phi) is 3.39. The van der Waals surface area contributed by atoms with Crippen molar-refractivity contribution in [2.24, 2.45) is 46.3 Å². The van der Waals surface area contributed by atoms with Crippen molar-refractivity contribution in [1.29, 1.82) is 0 Å². The van der Waals surface area contributed by atoms with Gasteiger partial charge in [-0.3, -0.25) is 0 Å². The molecule has 0 saturated heterocycles. The monoisotopic (exact) mass is 320 g/mol. The lowest BCUT2D eigenvalue weighted by Gasteiger charge is -2.65. The molecule has 6 saturated carbocycles. The third-order valence-corrected chi connectivity index (χ3v) is 10.3. The summed E-state index contributed by atoms with van der Waals surface area (Å²) < 4.78 is 0. The Hall–Kier alpha value is 0.355. The molecule has 2 heteroatoms. The predicted octanol–water partition coefficient (Wildman–Crippen LogP) is 6.36. The largest absolute Gasteiger partial charge is 0.257 e. The molecule has 0 unspecified atom stereocenters. The molecule has 0 amide bonds. The van der Waals surface area contributed by atoms with Gasteiger partial charge in [0.15, 0.2) is 0 Å². The molecule has 0 aromatic carbocycles. The van der Waals surface area contributed by atoms with Gasteiger partial charge in [0.2, 0.25) is 0 Å². The minimum Gasteiger partial charge on any atom is -0.195 e. The summed E-state index contributed by atoms with van der Waals surface area (Å²) in [7, 11) is 0. The first-order chi connectivity index (χ1) is 10.2. The molecule has 0 radical (unpaired) electrons. The Bertz CT molecular complexity index is 428. The Labute approximate surface area is 143 Å². The maximum Gasteiger partial charge on any atom is 0.257 e. The van der Waals surface area contributed by atoms with Crippen LogP contribution in [0.25, 0.3) is 0 Å². The summed E-state index contributed by atoms with van der Waals surface area (Å²) in [4.78, 5) is 0. The Morgan fingerprint density at radius 3 is 1.36 bits per heavy atom. The van der Waals surface area contributed by atoms with E-state index in [4.69, 9.17) is 11.5 Å². The zero-order chi connectivity index (χ0) is 16.0. The molecule has 0 nitrogen and oxygen atoms in total. The van der Waals surface area contributed by atoms with E-state index < -0.39 is 0 Å². The third-order valence-electron chi connectivity index (χ3n) is 9.64. The van der Waals surface area contributed by atoms with Gasteiger partial charge in [-0.15, -0.1) is 0 Å². The summed E-state index contributed by atoms with van der Waals surface area (Å²) in [6, 6.07) is 0. The summed E-state index contributed by atoms with van der Waals surface area (Å²) in [6.07, 6.45) is 6.20. The van der Waals surface area contributed by atoms with E-state index in [-0.39, 0.29) is 0 Å². The smallest absolute Gasteiger partial charge is 0.195 e. The van der Waals surface area contributed by atoms with Gasteiger partial charge in [0, 0.05) is 0 Å². The highest BCUT2D eigenvalue weighted by Gasteiger charge is 2.62.